The van der Waals surface area contributed by atoms with Crippen molar-refractivity contribution in [2.45, 2.75) is 50.9 Å². The minimum absolute atomic E-state index is 0.00442. The van der Waals surface area contributed by atoms with Crippen LogP contribution in [0.5, 0.6) is 0 Å². The van der Waals surface area contributed by atoms with Crippen molar-refractivity contribution in [2.75, 3.05) is 39.6 Å². The van der Waals surface area contributed by atoms with Crippen molar-refractivity contribution in [3.63, 3.8) is 0 Å². The summed E-state index contributed by atoms with van der Waals surface area (Å²) in [5.74, 6) is -1.09. The smallest absolute Gasteiger partial charge is 0.225 e. The minimum Gasteiger partial charge on any atom is -0.378 e. The molecule has 0 spiro atoms. The molecule has 0 atom stereocenters. The number of amides is 4. The first-order valence-electron chi connectivity index (χ1n) is 26.8. The standard InChI is InChI=1S/C64H60N10O7/c75-58(71-38-44-13-22-55(68-35-44)52-10-1-4-28-65-52)25-31-79-41-64(42-80-32-26-59(76)72-39-45-14-23-56(69-36-45)53-11-2-5-29-66-53,43-81-33-27-60(77)73-40-46-15-24-57(70-37-46)54-12-3-6-30-67-54)74-61(78)34-50-19-18-49-17-16-47-8-7-9-48-20-21-51(50)63(49)62(47)48/h1-24,28-30,35-37H,25-27,31-34,38-43H2,(H,71,75)(H,72,76)(H,73,77)(H,74,78). The fourth-order valence-corrected chi connectivity index (χ4v) is 9.44. The van der Waals surface area contributed by atoms with E-state index in [1.165, 1.54) is 0 Å². The Labute approximate surface area is 468 Å². The van der Waals surface area contributed by atoms with E-state index in [1.54, 1.807) is 37.2 Å². The number of carbonyl (C=O) groups is 4. The van der Waals surface area contributed by atoms with Gasteiger partial charge in [-0.2, -0.15) is 0 Å². The van der Waals surface area contributed by atoms with Crippen molar-refractivity contribution < 1.29 is 33.4 Å². The Kier molecular flexibility index (Phi) is 18.3. The van der Waals surface area contributed by atoms with Crippen LogP contribution in [0.2, 0.25) is 0 Å². The maximum atomic E-state index is 14.6. The summed E-state index contributed by atoms with van der Waals surface area (Å²) >= 11 is 0. The summed E-state index contributed by atoms with van der Waals surface area (Å²) in [6.45, 7) is 0.348. The molecule has 17 heteroatoms. The van der Waals surface area contributed by atoms with Crippen LogP contribution in [0.4, 0.5) is 0 Å². The first-order chi connectivity index (χ1) is 39.7. The molecule has 10 aromatic rings. The van der Waals surface area contributed by atoms with Crippen molar-refractivity contribution >= 4 is 55.9 Å². The lowest BCUT2D eigenvalue weighted by Crippen LogP contribution is -2.59. The van der Waals surface area contributed by atoms with Crippen molar-refractivity contribution in [2.24, 2.45) is 0 Å². The highest BCUT2D eigenvalue weighted by Crippen LogP contribution is 2.36. The summed E-state index contributed by atoms with van der Waals surface area (Å²) < 4.78 is 18.8. The zero-order valence-corrected chi connectivity index (χ0v) is 44.6. The van der Waals surface area contributed by atoms with E-state index in [0.717, 1.165) is 88.7 Å². The summed E-state index contributed by atoms with van der Waals surface area (Å²) in [6.07, 6.45) is 10.3. The van der Waals surface area contributed by atoms with E-state index in [0.29, 0.717) is 0 Å². The molecule has 0 bridgehead atoms. The molecule has 0 aliphatic rings. The second kappa shape index (κ2) is 27.0. The molecule has 408 valence electrons. The number of nitrogens with zero attached hydrogens (tertiary/aromatic N) is 6. The average Bonchev–Trinajstić information content (AvgIpc) is 3.69. The molecule has 0 aliphatic heterocycles. The molecule has 81 heavy (non-hydrogen) atoms. The first-order valence-corrected chi connectivity index (χ1v) is 26.8. The number of rotatable bonds is 27. The molecular formula is C64H60N10O7. The number of hydrogen-bond donors (Lipinski definition) is 4. The fraction of sp³-hybridized carbons (Fsp3) is 0.219. The molecule has 0 radical (unpaired) electrons. The van der Waals surface area contributed by atoms with Crippen LogP contribution in [-0.4, -0.2) is 98.7 Å². The number of hydrogen-bond acceptors (Lipinski definition) is 13. The SMILES string of the molecule is O=C(CCOCC(COCCC(=O)NCc1ccc(-c2ccccn2)nc1)(COCCC(=O)NCc1ccc(-c2ccccn2)nc1)NC(=O)Cc1ccc2ccc3cccc4ccc1c2c34)NCc1ccc(-c2ccccn2)nc1. The van der Waals surface area contributed by atoms with E-state index in [1.807, 2.05) is 109 Å². The molecule has 0 saturated heterocycles. The lowest BCUT2D eigenvalue weighted by Gasteiger charge is -2.34. The molecule has 4 amide bonds. The van der Waals surface area contributed by atoms with Crippen molar-refractivity contribution in [1.29, 1.82) is 0 Å². The number of aromatic nitrogens is 6. The van der Waals surface area contributed by atoms with E-state index in [4.69, 9.17) is 14.2 Å². The molecule has 0 unspecified atom stereocenters. The molecule has 0 aliphatic carbocycles. The summed E-state index contributed by atoms with van der Waals surface area (Å²) in [6, 6.07) is 46.7. The topological polar surface area (TPSA) is 221 Å². The Morgan fingerprint density at radius 3 is 1.17 bits per heavy atom. The molecule has 0 fully saturated rings. The van der Waals surface area contributed by atoms with E-state index in [2.05, 4.69) is 87.6 Å². The van der Waals surface area contributed by atoms with Crippen LogP contribution in [-0.2, 0) is 59.4 Å². The molecule has 10 rings (SSSR count). The van der Waals surface area contributed by atoms with Crippen LogP contribution in [0.1, 0.15) is 41.5 Å². The van der Waals surface area contributed by atoms with Gasteiger partial charge in [0.05, 0.1) is 80.2 Å². The highest BCUT2D eigenvalue weighted by Gasteiger charge is 2.34. The Bertz CT molecular complexity index is 3420. The van der Waals surface area contributed by atoms with Crippen LogP contribution in [0, 0.1) is 0 Å². The van der Waals surface area contributed by atoms with Gasteiger partial charge in [0, 0.05) is 76.1 Å². The first kappa shape index (κ1) is 54.9. The van der Waals surface area contributed by atoms with E-state index < -0.39 is 5.54 Å². The van der Waals surface area contributed by atoms with E-state index in [9.17, 15) is 19.2 Å². The predicted octanol–water partition coefficient (Wildman–Crippen LogP) is 8.52. The molecular weight excluding hydrogens is 1020 g/mol. The summed E-state index contributed by atoms with van der Waals surface area (Å²) in [5, 5.41) is 18.5. The quantitative estimate of drug-likeness (QED) is 0.0281. The van der Waals surface area contributed by atoms with Crippen molar-refractivity contribution in [3.05, 3.63) is 205 Å². The zero-order valence-electron chi connectivity index (χ0n) is 44.6. The summed E-state index contributed by atoms with van der Waals surface area (Å²) in [4.78, 5) is 80.8. The Hall–Kier alpha value is -9.42. The monoisotopic (exact) mass is 1080 g/mol. The van der Waals surface area contributed by atoms with Gasteiger partial charge >= 0.3 is 0 Å². The van der Waals surface area contributed by atoms with Crippen molar-refractivity contribution in [1.82, 2.24) is 51.2 Å². The van der Waals surface area contributed by atoms with Gasteiger partial charge in [0.2, 0.25) is 23.6 Å². The average molecular weight is 1080 g/mol. The van der Waals surface area contributed by atoms with E-state index >= 15 is 0 Å². The van der Waals surface area contributed by atoms with Crippen LogP contribution in [0.15, 0.2) is 183 Å². The van der Waals surface area contributed by atoms with E-state index in [-0.39, 0.29) is 109 Å². The second-order valence-corrected chi connectivity index (χ2v) is 19.6. The van der Waals surface area contributed by atoms with Gasteiger partial charge < -0.3 is 35.5 Å². The van der Waals surface area contributed by atoms with Crippen LogP contribution in [0.3, 0.4) is 0 Å². The van der Waals surface area contributed by atoms with Gasteiger partial charge in [-0.3, -0.25) is 49.1 Å². The maximum Gasteiger partial charge on any atom is 0.225 e. The van der Waals surface area contributed by atoms with Gasteiger partial charge in [0.15, 0.2) is 0 Å². The molecule has 6 heterocycles. The number of benzene rings is 4. The van der Waals surface area contributed by atoms with Gasteiger partial charge in [-0.15, -0.1) is 0 Å². The third kappa shape index (κ3) is 14.8. The Balaban J connectivity index is 0.810. The van der Waals surface area contributed by atoms with Gasteiger partial charge in [-0.1, -0.05) is 91.0 Å². The highest BCUT2D eigenvalue weighted by atomic mass is 16.5. The van der Waals surface area contributed by atoms with Crippen molar-refractivity contribution in [3.8, 4) is 34.2 Å². The van der Waals surface area contributed by atoms with Gasteiger partial charge in [-0.05, 0) is 109 Å². The normalized spacial score (nSPS) is 11.5. The number of carbonyl (C=O) groups excluding carboxylic acids is 4. The minimum atomic E-state index is -1.34. The Morgan fingerprint density at radius 2 is 0.778 bits per heavy atom. The lowest BCUT2D eigenvalue weighted by molar-refractivity contribution is -0.130. The number of pyridine rings is 6. The fourth-order valence-electron chi connectivity index (χ4n) is 9.44. The molecule has 6 aromatic heterocycles. The number of ether oxygens (including phenoxy) is 3. The maximum absolute atomic E-state index is 14.6. The van der Waals surface area contributed by atoms with Crippen LogP contribution in [0.25, 0.3) is 66.5 Å². The largest absolute Gasteiger partial charge is 0.378 e. The lowest BCUT2D eigenvalue weighted by atomic mass is 9.91. The second-order valence-electron chi connectivity index (χ2n) is 19.6. The summed E-state index contributed by atoms with van der Waals surface area (Å²) in [7, 11) is 0. The third-order valence-electron chi connectivity index (χ3n) is 13.7. The summed E-state index contributed by atoms with van der Waals surface area (Å²) in [5.41, 5.74) is 6.33. The van der Waals surface area contributed by atoms with Gasteiger partial charge in [0.1, 0.15) is 5.54 Å². The van der Waals surface area contributed by atoms with Gasteiger partial charge in [0.25, 0.3) is 0 Å². The molecule has 4 N–H and O–H groups in total. The third-order valence-corrected chi connectivity index (χ3v) is 13.7. The Morgan fingerprint density at radius 1 is 0.383 bits per heavy atom. The molecule has 0 saturated carbocycles. The predicted molar refractivity (Wildman–Crippen MR) is 309 cm³/mol. The van der Waals surface area contributed by atoms with Crippen LogP contribution >= 0.6 is 0 Å². The number of nitrogens with one attached hydrogen (secondary N) is 4. The highest BCUT2D eigenvalue weighted by molar-refractivity contribution is 6.23. The molecule has 4 aromatic carbocycles. The zero-order chi connectivity index (χ0) is 55.6. The molecule has 17 nitrogen and oxygen atoms in total. The van der Waals surface area contributed by atoms with Crippen LogP contribution < -0.4 is 21.3 Å². The van der Waals surface area contributed by atoms with Gasteiger partial charge in [-0.25, -0.2) is 0 Å².